The molecular weight excluding hydrogens is 556 g/mol. The molecule has 1 aliphatic carbocycles. The lowest BCUT2D eigenvalue weighted by atomic mass is 9.90. The summed E-state index contributed by atoms with van der Waals surface area (Å²) in [6.45, 7) is 5.77. The van der Waals surface area contributed by atoms with E-state index in [4.69, 9.17) is 14.5 Å². The van der Waals surface area contributed by atoms with Gasteiger partial charge in [-0.1, -0.05) is 6.07 Å². The Hall–Kier alpha value is -4.24. The maximum Gasteiger partial charge on any atom is 0.212 e. The van der Waals surface area contributed by atoms with Crippen molar-refractivity contribution in [1.82, 2.24) is 29.4 Å². The van der Waals surface area contributed by atoms with E-state index in [1.165, 1.54) is 12.0 Å². The molecule has 11 nitrogen and oxygen atoms in total. The summed E-state index contributed by atoms with van der Waals surface area (Å²) < 4.78 is 13.1. The summed E-state index contributed by atoms with van der Waals surface area (Å²) in [7, 11) is 1.64. The Kier molecular flexibility index (Phi) is 6.66. The van der Waals surface area contributed by atoms with Gasteiger partial charge >= 0.3 is 0 Å². The summed E-state index contributed by atoms with van der Waals surface area (Å²) in [4.78, 5) is 16.6. The van der Waals surface area contributed by atoms with Crippen LogP contribution in [0.25, 0.3) is 16.6 Å². The smallest absolute Gasteiger partial charge is 0.212 e. The van der Waals surface area contributed by atoms with E-state index < -0.39 is 5.60 Å². The molecule has 4 aromatic rings. The van der Waals surface area contributed by atoms with Crippen LogP contribution in [0.1, 0.15) is 30.4 Å². The largest absolute Gasteiger partial charge is 0.491 e. The molecule has 0 spiro atoms. The van der Waals surface area contributed by atoms with Gasteiger partial charge in [-0.25, -0.2) is 14.5 Å². The van der Waals surface area contributed by atoms with Gasteiger partial charge in [0.05, 0.1) is 36.2 Å². The third kappa shape index (κ3) is 4.93. The summed E-state index contributed by atoms with van der Waals surface area (Å²) in [5.41, 5.74) is 3.78. The Morgan fingerprint density at radius 2 is 1.98 bits per heavy atom. The molecule has 1 N–H and O–H groups in total. The fourth-order valence-electron chi connectivity index (χ4n) is 7.46. The predicted molar refractivity (Wildman–Crippen MR) is 163 cm³/mol. The summed E-state index contributed by atoms with van der Waals surface area (Å²) in [5.74, 6) is 2.73. The summed E-state index contributed by atoms with van der Waals surface area (Å²) in [5, 5.41) is 24.6. The fraction of sp³-hybridized carbons (Fsp3) is 0.455. The lowest BCUT2D eigenvalue weighted by molar-refractivity contribution is 0.0884. The molecule has 4 aromatic heterocycles. The van der Waals surface area contributed by atoms with Gasteiger partial charge in [-0.2, -0.15) is 10.4 Å². The van der Waals surface area contributed by atoms with Crippen LogP contribution in [0.2, 0.25) is 0 Å². The maximum atomic E-state index is 10.3. The average molecular weight is 593 g/mol. The van der Waals surface area contributed by atoms with Crippen LogP contribution in [0.5, 0.6) is 11.6 Å². The van der Waals surface area contributed by atoms with Crippen molar-refractivity contribution in [3.63, 3.8) is 0 Å². The summed E-state index contributed by atoms with van der Waals surface area (Å²) in [6, 6.07) is 13.4. The van der Waals surface area contributed by atoms with Gasteiger partial charge in [0, 0.05) is 86.9 Å². The van der Waals surface area contributed by atoms with E-state index in [0.29, 0.717) is 41.8 Å². The van der Waals surface area contributed by atoms with Crippen molar-refractivity contribution in [3.05, 3.63) is 66.2 Å². The molecule has 0 radical (unpaired) electrons. The van der Waals surface area contributed by atoms with Gasteiger partial charge in [-0.3, -0.25) is 9.80 Å². The highest BCUT2D eigenvalue weighted by Crippen LogP contribution is 2.49. The van der Waals surface area contributed by atoms with Gasteiger partial charge in [-0.05, 0) is 43.0 Å². The van der Waals surface area contributed by atoms with Crippen molar-refractivity contribution in [2.24, 2.45) is 5.92 Å². The van der Waals surface area contributed by atoms with Crippen molar-refractivity contribution in [2.75, 3.05) is 51.3 Å². The lowest BCUT2D eigenvalue weighted by Gasteiger charge is -2.52. The number of nitrogens with zero attached hydrogens (tertiary/aromatic N) is 8. The number of nitriles is 1. The first-order valence-electron chi connectivity index (χ1n) is 15.4. The average Bonchev–Trinajstić information content (AvgIpc) is 3.34. The molecule has 226 valence electrons. The summed E-state index contributed by atoms with van der Waals surface area (Å²) in [6.07, 6.45) is 10.5. The Balaban J connectivity index is 0.976. The van der Waals surface area contributed by atoms with E-state index in [1.807, 2.05) is 30.7 Å². The van der Waals surface area contributed by atoms with Crippen LogP contribution in [0.15, 0.2) is 55.1 Å². The minimum absolute atomic E-state index is 0.412. The molecule has 44 heavy (non-hydrogen) atoms. The van der Waals surface area contributed by atoms with E-state index in [0.717, 1.165) is 74.6 Å². The second kappa shape index (κ2) is 10.7. The van der Waals surface area contributed by atoms with Gasteiger partial charge in [0.1, 0.15) is 24.2 Å². The molecule has 4 unspecified atom stereocenters. The third-order valence-electron chi connectivity index (χ3n) is 9.95. The van der Waals surface area contributed by atoms with Gasteiger partial charge in [0.2, 0.25) is 5.88 Å². The normalized spacial score (nSPS) is 26.1. The van der Waals surface area contributed by atoms with E-state index >= 15 is 0 Å². The van der Waals surface area contributed by atoms with Crippen molar-refractivity contribution in [3.8, 4) is 28.8 Å². The number of hydrogen-bond donors (Lipinski definition) is 1. The Morgan fingerprint density at radius 3 is 2.68 bits per heavy atom. The van der Waals surface area contributed by atoms with Gasteiger partial charge < -0.3 is 19.5 Å². The van der Waals surface area contributed by atoms with Crippen LogP contribution in [0.4, 0.5) is 5.82 Å². The molecule has 8 heterocycles. The zero-order valence-corrected chi connectivity index (χ0v) is 24.8. The van der Waals surface area contributed by atoms with Crippen molar-refractivity contribution >= 4 is 11.3 Å². The molecule has 1 saturated carbocycles. The first-order valence-corrected chi connectivity index (χ1v) is 15.4. The number of β-amino-alcohol motifs (C(OH)–C–C–N with tert-alkyl or cyclic N) is 1. The quantitative estimate of drug-likeness (QED) is 0.311. The first-order chi connectivity index (χ1) is 21.5. The van der Waals surface area contributed by atoms with E-state index in [1.54, 1.807) is 17.8 Å². The van der Waals surface area contributed by atoms with Gasteiger partial charge in [0.25, 0.3) is 0 Å². The monoisotopic (exact) mass is 592 g/mol. The predicted octanol–water partition coefficient (Wildman–Crippen LogP) is 2.97. The van der Waals surface area contributed by atoms with Gasteiger partial charge in [-0.15, -0.1) is 0 Å². The second-order valence-electron chi connectivity index (χ2n) is 12.7. The van der Waals surface area contributed by atoms with Crippen LogP contribution >= 0.6 is 0 Å². The highest BCUT2D eigenvalue weighted by atomic mass is 16.5. The molecule has 0 amide bonds. The number of aliphatic hydroxyl groups is 1. The molecular formula is C33H36N8O3. The number of anilines is 1. The molecule has 4 atom stereocenters. The number of pyridine rings is 3. The number of rotatable bonds is 9. The number of aromatic nitrogens is 4. The number of methoxy groups -OCH3 is 1. The fourth-order valence-corrected chi connectivity index (χ4v) is 7.46. The van der Waals surface area contributed by atoms with E-state index in [9.17, 15) is 10.4 Å². The minimum atomic E-state index is -0.462. The number of ether oxygens (including phenoxy) is 2. The molecule has 9 rings (SSSR count). The number of piperazine rings is 1. The van der Waals surface area contributed by atoms with Crippen LogP contribution in [-0.4, -0.2) is 98.6 Å². The molecule has 5 fully saturated rings. The Labute approximate surface area is 256 Å². The van der Waals surface area contributed by atoms with Crippen LogP contribution in [0.3, 0.4) is 0 Å². The van der Waals surface area contributed by atoms with Crippen LogP contribution < -0.4 is 14.4 Å². The molecule has 2 bridgehead atoms. The van der Waals surface area contributed by atoms with Crippen molar-refractivity contribution in [1.29, 1.82) is 5.26 Å². The molecule has 0 aromatic carbocycles. The molecule has 4 aliphatic heterocycles. The van der Waals surface area contributed by atoms with Crippen molar-refractivity contribution in [2.45, 2.75) is 43.5 Å². The lowest BCUT2D eigenvalue weighted by Crippen LogP contribution is -2.62. The van der Waals surface area contributed by atoms with Gasteiger partial charge in [0.15, 0.2) is 0 Å². The highest BCUT2D eigenvalue weighted by Gasteiger charge is 2.58. The van der Waals surface area contributed by atoms with Crippen molar-refractivity contribution < 1.29 is 14.6 Å². The number of piperidine rings is 3. The van der Waals surface area contributed by atoms with Crippen LogP contribution in [0, 0.1) is 17.2 Å². The highest BCUT2D eigenvalue weighted by molar-refractivity contribution is 5.85. The maximum absolute atomic E-state index is 10.3. The number of fused-ring (bicyclic) bond motifs is 5. The van der Waals surface area contributed by atoms with Crippen LogP contribution in [-0.2, 0) is 6.54 Å². The standard InChI is InChI=1S/C33H36N8O3/c1-43-31-7-2-22(13-36-31)16-39-18-27-5-4-26(39)19-40(27)30-6-3-23(14-35-30)29-10-28(20-41-32(29)24(12-34)15-37-41)44-9-8-38-17-25-11-33(25,42)21-38/h2-3,6-7,10,13-15,20,25-27,42H,4-5,8-9,11,16-19,21H2,1H3. The molecule has 11 heteroatoms. The van der Waals surface area contributed by atoms with E-state index in [-0.39, 0.29) is 0 Å². The van der Waals surface area contributed by atoms with E-state index in [2.05, 4.69) is 49.1 Å². The minimum Gasteiger partial charge on any atom is -0.491 e. The molecule has 5 aliphatic rings. The summed E-state index contributed by atoms with van der Waals surface area (Å²) >= 11 is 0. The SMILES string of the molecule is COc1ccc(CN2CC3CCC2CN3c2ccc(-c3cc(OCCN4CC5CC5(O)C4)cn4ncc(C#N)c34)cn2)cn1. The molecule has 4 saturated heterocycles. The topological polar surface area (TPSA) is 115 Å². The number of likely N-dealkylation sites (tertiary alicyclic amines) is 1. The first kappa shape index (κ1) is 27.3. The Morgan fingerprint density at radius 1 is 1.07 bits per heavy atom. The number of hydrogen-bond acceptors (Lipinski definition) is 10. The zero-order chi connectivity index (χ0) is 29.8. The zero-order valence-electron chi connectivity index (χ0n) is 24.8. The Bertz CT molecular complexity index is 1720. The third-order valence-corrected chi connectivity index (χ3v) is 9.95. The second-order valence-corrected chi connectivity index (χ2v) is 12.7.